The van der Waals surface area contributed by atoms with Crippen LogP contribution in [-0.4, -0.2) is 35.8 Å². The molecule has 0 aliphatic carbocycles. The third-order valence-electron chi connectivity index (χ3n) is 1.71. The summed E-state index contributed by atoms with van der Waals surface area (Å²) in [5.74, 6) is 0.746. The lowest BCUT2D eigenvalue weighted by Gasteiger charge is -2.17. The molecule has 0 aromatic rings. The Labute approximate surface area is 66.1 Å². The van der Waals surface area contributed by atoms with Crippen LogP contribution in [0.1, 0.15) is 13.8 Å². The van der Waals surface area contributed by atoms with E-state index in [0.29, 0.717) is 13.1 Å². The molecule has 4 heteroatoms. The van der Waals surface area contributed by atoms with E-state index in [9.17, 15) is 4.79 Å². The molecule has 0 aromatic heterocycles. The number of carbonyl (C=O) groups excluding carboxylic acids is 1. The molecule has 0 saturated heterocycles. The molecule has 62 valence electrons. The Balaban J connectivity index is 2.62. The summed E-state index contributed by atoms with van der Waals surface area (Å²) in [4.78, 5) is 17.0. The predicted octanol–water partition coefficient (Wildman–Crippen LogP) is -0.406. The second-order valence-corrected chi connectivity index (χ2v) is 2.71. The molecule has 1 atom stereocenters. The van der Waals surface area contributed by atoms with E-state index < -0.39 is 6.04 Å². The molecule has 1 rings (SSSR count). The van der Waals surface area contributed by atoms with Crippen molar-refractivity contribution in [3.05, 3.63) is 0 Å². The summed E-state index contributed by atoms with van der Waals surface area (Å²) in [5.41, 5.74) is 5.43. The Kier molecular flexibility index (Phi) is 2.24. The van der Waals surface area contributed by atoms with E-state index in [0.717, 1.165) is 5.84 Å². The van der Waals surface area contributed by atoms with Crippen molar-refractivity contribution < 1.29 is 4.79 Å². The normalized spacial score (nSPS) is 19.9. The maximum atomic E-state index is 11.3. The zero-order valence-corrected chi connectivity index (χ0v) is 6.87. The molecular weight excluding hydrogens is 142 g/mol. The summed E-state index contributed by atoms with van der Waals surface area (Å²) < 4.78 is 0. The number of rotatable bonds is 1. The number of amidine groups is 1. The Morgan fingerprint density at radius 3 is 2.82 bits per heavy atom. The van der Waals surface area contributed by atoms with E-state index in [4.69, 9.17) is 5.73 Å². The largest absolute Gasteiger partial charge is 0.320 e. The van der Waals surface area contributed by atoms with Gasteiger partial charge in [0.1, 0.15) is 5.84 Å². The lowest BCUT2D eigenvalue weighted by Crippen LogP contribution is -2.43. The molecule has 0 aromatic carbocycles. The maximum Gasteiger partial charge on any atom is 0.244 e. The summed E-state index contributed by atoms with van der Waals surface area (Å²) >= 11 is 0. The monoisotopic (exact) mass is 155 g/mol. The van der Waals surface area contributed by atoms with Crippen molar-refractivity contribution in [1.82, 2.24) is 4.90 Å². The smallest absolute Gasteiger partial charge is 0.244 e. The second kappa shape index (κ2) is 3.00. The van der Waals surface area contributed by atoms with Crippen molar-refractivity contribution in [3.63, 3.8) is 0 Å². The first-order valence-electron chi connectivity index (χ1n) is 3.71. The summed E-state index contributed by atoms with van der Waals surface area (Å²) in [7, 11) is 0. The van der Waals surface area contributed by atoms with Crippen molar-refractivity contribution >= 4 is 11.7 Å². The van der Waals surface area contributed by atoms with Gasteiger partial charge in [-0.05, 0) is 13.8 Å². The highest BCUT2D eigenvalue weighted by Gasteiger charge is 2.22. The van der Waals surface area contributed by atoms with E-state index in [1.807, 2.05) is 6.92 Å². The second-order valence-electron chi connectivity index (χ2n) is 2.71. The van der Waals surface area contributed by atoms with Crippen molar-refractivity contribution in [2.45, 2.75) is 19.9 Å². The van der Waals surface area contributed by atoms with Gasteiger partial charge in [0.05, 0.1) is 12.6 Å². The van der Waals surface area contributed by atoms with Crippen LogP contribution in [0.25, 0.3) is 0 Å². The number of hydrogen-bond acceptors (Lipinski definition) is 3. The van der Waals surface area contributed by atoms with Crippen LogP contribution in [-0.2, 0) is 4.79 Å². The number of amides is 1. The zero-order valence-electron chi connectivity index (χ0n) is 6.87. The van der Waals surface area contributed by atoms with E-state index in [1.54, 1.807) is 11.8 Å². The average Bonchev–Trinajstić information content (AvgIpc) is 2.33. The molecule has 0 fully saturated rings. The van der Waals surface area contributed by atoms with Crippen LogP contribution in [0.4, 0.5) is 0 Å². The van der Waals surface area contributed by atoms with E-state index in [1.165, 1.54) is 0 Å². The fraction of sp³-hybridized carbons (Fsp3) is 0.714. The van der Waals surface area contributed by atoms with Crippen molar-refractivity contribution in [2.75, 3.05) is 13.1 Å². The zero-order chi connectivity index (χ0) is 8.43. The summed E-state index contributed by atoms with van der Waals surface area (Å²) in [6.07, 6.45) is 0. The third kappa shape index (κ3) is 1.57. The van der Waals surface area contributed by atoms with E-state index >= 15 is 0 Å². The van der Waals surface area contributed by atoms with Gasteiger partial charge in [-0.15, -0.1) is 0 Å². The van der Waals surface area contributed by atoms with Crippen LogP contribution < -0.4 is 5.73 Å². The van der Waals surface area contributed by atoms with Gasteiger partial charge in [0.25, 0.3) is 0 Å². The van der Waals surface area contributed by atoms with E-state index in [2.05, 4.69) is 4.99 Å². The Bertz CT molecular complexity index is 198. The molecule has 11 heavy (non-hydrogen) atoms. The highest BCUT2D eigenvalue weighted by molar-refractivity contribution is 6.00. The first-order chi connectivity index (χ1) is 5.13. The van der Waals surface area contributed by atoms with Crippen LogP contribution >= 0.6 is 0 Å². The fourth-order valence-electron chi connectivity index (χ4n) is 1.07. The average molecular weight is 155 g/mol. The Morgan fingerprint density at radius 2 is 2.45 bits per heavy atom. The quantitative estimate of drug-likeness (QED) is 0.560. The molecular formula is C7H13N3O. The van der Waals surface area contributed by atoms with Gasteiger partial charge in [-0.1, -0.05) is 0 Å². The standard InChI is InChI=1S/C7H13N3O/c1-5(8)7(11)10-4-3-9-6(10)2/h5H,3-4,8H2,1-2H3/t5-/m0/s1. The first-order valence-corrected chi connectivity index (χ1v) is 3.71. The minimum atomic E-state index is -0.418. The number of aliphatic imine (C=N–C) groups is 1. The third-order valence-corrected chi connectivity index (χ3v) is 1.71. The van der Waals surface area contributed by atoms with Gasteiger partial charge in [0.15, 0.2) is 0 Å². The lowest BCUT2D eigenvalue weighted by atomic mass is 10.3. The van der Waals surface area contributed by atoms with Crippen LogP contribution in [0.2, 0.25) is 0 Å². The topological polar surface area (TPSA) is 58.7 Å². The molecule has 1 amide bonds. The van der Waals surface area contributed by atoms with E-state index in [-0.39, 0.29) is 5.91 Å². The van der Waals surface area contributed by atoms with Gasteiger partial charge < -0.3 is 5.73 Å². The molecule has 0 unspecified atom stereocenters. The molecule has 0 spiro atoms. The fourth-order valence-corrected chi connectivity index (χ4v) is 1.07. The highest BCUT2D eigenvalue weighted by Crippen LogP contribution is 2.02. The molecule has 1 heterocycles. The number of hydrogen-bond donors (Lipinski definition) is 1. The van der Waals surface area contributed by atoms with Gasteiger partial charge in [-0.3, -0.25) is 14.7 Å². The van der Waals surface area contributed by atoms with Crippen LogP contribution in [0, 0.1) is 0 Å². The SMILES string of the molecule is CC1=NCCN1C(=O)[C@H](C)N. The number of nitrogens with two attached hydrogens (primary N) is 1. The van der Waals surface area contributed by atoms with Crippen LogP contribution in [0.3, 0.4) is 0 Å². The Morgan fingerprint density at radius 1 is 1.82 bits per heavy atom. The van der Waals surface area contributed by atoms with Gasteiger partial charge >= 0.3 is 0 Å². The van der Waals surface area contributed by atoms with Crippen molar-refractivity contribution in [2.24, 2.45) is 10.7 Å². The number of nitrogens with zero attached hydrogens (tertiary/aromatic N) is 2. The molecule has 1 aliphatic rings. The minimum absolute atomic E-state index is 0.0382. The lowest BCUT2D eigenvalue weighted by molar-refractivity contribution is -0.127. The molecule has 2 N–H and O–H groups in total. The maximum absolute atomic E-state index is 11.3. The van der Waals surface area contributed by atoms with Gasteiger partial charge in [-0.2, -0.15) is 0 Å². The Hall–Kier alpha value is -0.900. The van der Waals surface area contributed by atoms with Crippen LogP contribution in [0.5, 0.6) is 0 Å². The highest BCUT2D eigenvalue weighted by atomic mass is 16.2. The summed E-state index contributed by atoms with van der Waals surface area (Å²) in [6.45, 7) is 4.91. The van der Waals surface area contributed by atoms with Crippen molar-refractivity contribution in [1.29, 1.82) is 0 Å². The minimum Gasteiger partial charge on any atom is -0.320 e. The molecule has 1 aliphatic heterocycles. The van der Waals surface area contributed by atoms with Crippen molar-refractivity contribution in [3.8, 4) is 0 Å². The molecule has 0 radical (unpaired) electrons. The van der Waals surface area contributed by atoms with Gasteiger partial charge in [0.2, 0.25) is 5.91 Å². The molecule has 4 nitrogen and oxygen atoms in total. The molecule has 0 saturated carbocycles. The summed E-state index contributed by atoms with van der Waals surface area (Å²) in [5, 5.41) is 0. The van der Waals surface area contributed by atoms with Gasteiger partial charge in [-0.25, -0.2) is 0 Å². The number of carbonyl (C=O) groups is 1. The predicted molar refractivity (Wildman–Crippen MR) is 43.3 cm³/mol. The summed E-state index contributed by atoms with van der Waals surface area (Å²) in [6, 6.07) is -0.418. The van der Waals surface area contributed by atoms with Gasteiger partial charge in [0, 0.05) is 6.54 Å². The molecule has 0 bridgehead atoms. The van der Waals surface area contributed by atoms with Crippen LogP contribution in [0.15, 0.2) is 4.99 Å². The first kappa shape index (κ1) is 8.20.